The molecule has 0 atom stereocenters. The molecule has 0 aliphatic carbocycles. The molecule has 70 valence electrons. The van der Waals surface area contributed by atoms with Gasteiger partial charge in [0, 0.05) is 12.6 Å². The van der Waals surface area contributed by atoms with Crippen molar-refractivity contribution in [1.82, 2.24) is 5.43 Å². The highest BCUT2D eigenvalue weighted by atomic mass is 15.3. The van der Waals surface area contributed by atoms with Crippen LogP contribution in [-0.2, 0) is 0 Å². The van der Waals surface area contributed by atoms with Gasteiger partial charge in [0.05, 0.1) is 6.21 Å². The second-order valence-corrected chi connectivity index (χ2v) is 3.05. The van der Waals surface area contributed by atoms with Gasteiger partial charge in [0.25, 0.3) is 0 Å². The monoisotopic (exact) mass is 184 g/mol. The van der Waals surface area contributed by atoms with Crippen LogP contribution < -0.4 is 5.43 Å². The smallest absolute Gasteiger partial charge is 0.0546 e. The molecule has 0 amide bonds. The van der Waals surface area contributed by atoms with Crippen molar-refractivity contribution in [1.29, 1.82) is 0 Å². The Bertz CT molecular complexity index is 455. The van der Waals surface area contributed by atoms with Gasteiger partial charge in [-0.3, -0.25) is 0 Å². The highest BCUT2D eigenvalue weighted by Crippen LogP contribution is 2.16. The van der Waals surface area contributed by atoms with Crippen LogP contribution in [0, 0.1) is 0 Å². The van der Waals surface area contributed by atoms with E-state index in [1.54, 1.807) is 7.05 Å². The molecule has 0 aliphatic heterocycles. The zero-order valence-corrected chi connectivity index (χ0v) is 8.07. The predicted octanol–water partition coefficient (Wildman–Crippen LogP) is 2.39. The average molecular weight is 184 g/mol. The van der Waals surface area contributed by atoms with Gasteiger partial charge in [-0.1, -0.05) is 42.5 Å². The molecule has 14 heavy (non-hydrogen) atoms. The van der Waals surface area contributed by atoms with Crippen LogP contribution in [0.25, 0.3) is 10.8 Å². The Hall–Kier alpha value is -1.83. The molecule has 0 aliphatic rings. The minimum Gasteiger partial charge on any atom is -0.313 e. The van der Waals surface area contributed by atoms with E-state index in [2.05, 4.69) is 34.8 Å². The Morgan fingerprint density at radius 1 is 1.07 bits per heavy atom. The molecule has 0 fully saturated rings. The minimum atomic E-state index is 1.14. The van der Waals surface area contributed by atoms with Crippen LogP contribution in [0.3, 0.4) is 0 Å². The van der Waals surface area contributed by atoms with E-state index in [9.17, 15) is 0 Å². The number of nitrogens with one attached hydrogen (secondary N) is 1. The lowest BCUT2D eigenvalue weighted by molar-refractivity contribution is 0.908. The number of hydrogen-bond donors (Lipinski definition) is 1. The summed E-state index contributed by atoms with van der Waals surface area (Å²) in [5.41, 5.74) is 3.89. The van der Waals surface area contributed by atoms with Crippen molar-refractivity contribution in [2.75, 3.05) is 7.05 Å². The van der Waals surface area contributed by atoms with Crippen molar-refractivity contribution >= 4 is 17.0 Å². The van der Waals surface area contributed by atoms with Gasteiger partial charge < -0.3 is 5.43 Å². The Balaban J connectivity index is 2.59. The Morgan fingerprint density at radius 3 is 2.71 bits per heavy atom. The Kier molecular flexibility index (Phi) is 2.45. The predicted molar refractivity (Wildman–Crippen MR) is 60.6 cm³/mol. The lowest BCUT2D eigenvalue weighted by Gasteiger charge is -2.00. The highest BCUT2D eigenvalue weighted by Gasteiger charge is 1.95. The summed E-state index contributed by atoms with van der Waals surface area (Å²) in [6.45, 7) is 0. The van der Waals surface area contributed by atoms with Crippen LogP contribution in [0.15, 0.2) is 47.6 Å². The molecule has 2 heteroatoms. The van der Waals surface area contributed by atoms with Gasteiger partial charge in [0.2, 0.25) is 0 Å². The summed E-state index contributed by atoms with van der Waals surface area (Å²) in [7, 11) is 1.79. The first-order valence-electron chi connectivity index (χ1n) is 4.59. The van der Waals surface area contributed by atoms with Gasteiger partial charge in [0.1, 0.15) is 0 Å². The molecule has 1 N–H and O–H groups in total. The summed E-state index contributed by atoms with van der Waals surface area (Å²) < 4.78 is 0. The summed E-state index contributed by atoms with van der Waals surface area (Å²) in [5, 5.41) is 6.49. The molecule has 2 nitrogen and oxygen atoms in total. The van der Waals surface area contributed by atoms with E-state index < -0.39 is 0 Å². The minimum absolute atomic E-state index is 1.14. The molecular formula is C12H12N2. The zero-order valence-electron chi connectivity index (χ0n) is 8.07. The van der Waals surface area contributed by atoms with E-state index in [-0.39, 0.29) is 0 Å². The number of hydrogen-bond acceptors (Lipinski definition) is 2. The Morgan fingerprint density at radius 2 is 1.86 bits per heavy atom. The van der Waals surface area contributed by atoms with Crippen molar-refractivity contribution in [2.45, 2.75) is 0 Å². The maximum Gasteiger partial charge on any atom is 0.0546 e. The number of benzene rings is 2. The number of nitrogens with zero attached hydrogens (tertiary/aromatic N) is 1. The number of rotatable bonds is 2. The van der Waals surface area contributed by atoms with Gasteiger partial charge in [-0.25, -0.2) is 0 Å². The first kappa shape index (κ1) is 8.75. The lowest BCUT2D eigenvalue weighted by Crippen LogP contribution is -1.95. The third-order valence-electron chi connectivity index (χ3n) is 2.16. The van der Waals surface area contributed by atoms with Crippen LogP contribution in [0.4, 0.5) is 0 Å². The molecule has 0 heterocycles. The molecular weight excluding hydrogens is 172 g/mol. The molecule has 2 aromatic rings. The summed E-state index contributed by atoms with van der Waals surface area (Å²) in [6.07, 6.45) is 1.84. The molecule has 0 bridgehead atoms. The van der Waals surface area contributed by atoms with Crippen molar-refractivity contribution in [3.05, 3.63) is 48.0 Å². The molecule has 0 radical (unpaired) electrons. The van der Waals surface area contributed by atoms with Crippen LogP contribution in [-0.4, -0.2) is 13.3 Å². The first-order chi connectivity index (χ1) is 6.92. The molecule has 0 unspecified atom stereocenters. The fourth-order valence-electron chi connectivity index (χ4n) is 1.50. The SMILES string of the molecule is CNN=Cc1cccc2ccccc12. The van der Waals surface area contributed by atoms with Crippen LogP contribution in [0.2, 0.25) is 0 Å². The molecule has 0 aromatic heterocycles. The van der Waals surface area contributed by atoms with Crippen LogP contribution in [0.5, 0.6) is 0 Å². The summed E-state index contributed by atoms with van der Waals surface area (Å²) in [6, 6.07) is 14.5. The van der Waals surface area contributed by atoms with E-state index in [1.807, 2.05) is 24.4 Å². The van der Waals surface area contributed by atoms with Crippen molar-refractivity contribution in [2.24, 2.45) is 5.10 Å². The van der Waals surface area contributed by atoms with Crippen molar-refractivity contribution in [3.8, 4) is 0 Å². The second-order valence-electron chi connectivity index (χ2n) is 3.05. The fourth-order valence-corrected chi connectivity index (χ4v) is 1.50. The van der Waals surface area contributed by atoms with E-state index in [0.29, 0.717) is 0 Å². The van der Waals surface area contributed by atoms with E-state index in [4.69, 9.17) is 0 Å². The first-order valence-corrected chi connectivity index (χ1v) is 4.59. The molecule has 0 saturated carbocycles. The van der Waals surface area contributed by atoms with Gasteiger partial charge in [-0.05, 0) is 10.8 Å². The van der Waals surface area contributed by atoms with Gasteiger partial charge in [0.15, 0.2) is 0 Å². The van der Waals surface area contributed by atoms with E-state index >= 15 is 0 Å². The fraction of sp³-hybridized carbons (Fsp3) is 0.0833. The summed E-state index contributed by atoms with van der Waals surface area (Å²) >= 11 is 0. The summed E-state index contributed by atoms with van der Waals surface area (Å²) in [5.74, 6) is 0. The molecule has 2 aromatic carbocycles. The van der Waals surface area contributed by atoms with Crippen LogP contribution >= 0.6 is 0 Å². The van der Waals surface area contributed by atoms with E-state index in [0.717, 1.165) is 5.56 Å². The van der Waals surface area contributed by atoms with Gasteiger partial charge in [-0.15, -0.1) is 0 Å². The third-order valence-corrected chi connectivity index (χ3v) is 2.16. The maximum atomic E-state index is 4.02. The van der Waals surface area contributed by atoms with Crippen LogP contribution in [0.1, 0.15) is 5.56 Å². The number of hydrazone groups is 1. The van der Waals surface area contributed by atoms with Crippen molar-refractivity contribution < 1.29 is 0 Å². The summed E-state index contributed by atoms with van der Waals surface area (Å²) in [4.78, 5) is 0. The maximum absolute atomic E-state index is 4.02. The zero-order chi connectivity index (χ0) is 9.80. The largest absolute Gasteiger partial charge is 0.313 e. The normalized spacial score (nSPS) is 10.9. The molecule has 2 rings (SSSR count). The molecule has 0 spiro atoms. The third kappa shape index (κ3) is 1.59. The quantitative estimate of drug-likeness (QED) is 0.562. The highest BCUT2D eigenvalue weighted by molar-refractivity contribution is 5.99. The standard InChI is InChI=1S/C12H12N2/c1-13-14-9-11-7-4-6-10-5-2-3-8-12(10)11/h2-9,13H,1H3. The topological polar surface area (TPSA) is 24.4 Å². The van der Waals surface area contributed by atoms with E-state index in [1.165, 1.54) is 10.8 Å². The van der Waals surface area contributed by atoms with Gasteiger partial charge >= 0.3 is 0 Å². The molecule has 0 saturated heterocycles. The lowest BCUT2D eigenvalue weighted by atomic mass is 10.1. The second kappa shape index (κ2) is 3.92. The Labute approximate surface area is 83.3 Å². The van der Waals surface area contributed by atoms with Crippen molar-refractivity contribution in [3.63, 3.8) is 0 Å². The number of fused-ring (bicyclic) bond motifs is 1. The average Bonchev–Trinajstić information content (AvgIpc) is 2.26. The van der Waals surface area contributed by atoms with Gasteiger partial charge in [-0.2, -0.15) is 5.10 Å².